The zero-order valence-corrected chi connectivity index (χ0v) is 13.1. The normalized spacial score (nSPS) is 10.7. The summed E-state index contributed by atoms with van der Waals surface area (Å²) in [6.45, 7) is -2.97. The van der Waals surface area contributed by atoms with Crippen LogP contribution in [0.15, 0.2) is 42.6 Å². The van der Waals surface area contributed by atoms with E-state index in [9.17, 15) is 18.4 Å². The van der Waals surface area contributed by atoms with E-state index in [1.165, 1.54) is 31.4 Å². The molecule has 0 saturated heterocycles. The predicted octanol–water partition coefficient (Wildman–Crippen LogP) is 2.10. The summed E-state index contributed by atoms with van der Waals surface area (Å²) < 4.78 is 33.8. The number of carbonyl (C=O) groups is 2. The van der Waals surface area contributed by atoms with Crippen molar-refractivity contribution in [3.63, 3.8) is 0 Å². The maximum absolute atomic E-state index is 12.3. The van der Waals surface area contributed by atoms with Crippen LogP contribution in [0.4, 0.5) is 8.78 Å². The second-order valence-corrected chi connectivity index (χ2v) is 4.65. The van der Waals surface area contributed by atoms with Gasteiger partial charge in [0.05, 0.1) is 7.11 Å². The van der Waals surface area contributed by atoms with Crippen LogP contribution in [0.2, 0.25) is 0 Å². The molecule has 1 aromatic carbocycles. The highest BCUT2D eigenvalue weighted by molar-refractivity contribution is 5.96. The molecular formula is C16H15F2N3O4. The van der Waals surface area contributed by atoms with Crippen molar-refractivity contribution >= 4 is 17.9 Å². The Morgan fingerprint density at radius 2 is 2.00 bits per heavy atom. The number of nitrogens with one attached hydrogen (secondary N) is 3. The quantitative estimate of drug-likeness (QED) is 0.549. The van der Waals surface area contributed by atoms with Crippen LogP contribution in [0.5, 0.6) is 11.5 Å². The predicted molar refractivity (Wildman–Crippen MR) is 85.1 cm³/mol. The monoisotopic (exact) mass is 351 g/mol. The Balaban J connectivity index is 1.94. The van der Waals surface area contributed by atoms with E-state index >= 15 is 0 Å². The molecule has 132 valence electrons. The number of hydrazine groups is 1. The number of H-pyrrole nitrogens is 1. The van der Waals surface area contributed by atoms with Crippen LogP contribution in [0.3, 0.4) is 0 Å². The molecule has 2 amide bonds. The lowest BCUT2D eigenvalue weighted by Crippen LogP contribution is -2.40. The van der Waals surface area contributed by atoms with Gasteiger partial charge in [0.15, 0.2) is 11.5 Å². The zero-order chi connectivity index (χ0) is 18.2. The van der Waals surface area contributed by atoms with Gasteiger partial charge in [0.2, 0.25) is 0 Å². The number of aromatic amines is 1. The summed E-state index contributed by atoms with van der Waals surface area (Å²) in [5, 5.41) is 0. The molecule has 0 aliphatic carbocycles. The maximum atomic E-state index is 12.3. The van der Waals surface area contributed by atoms with Crippen LogP contribution in [-0.4, -0.2) is 30.5 Å². The molecule has 1 aromatic heterocycles. The Morgan fingerprint density at radius 1 is 1.20 bits per heavy atom. The summed E-state index contributed by atoms with van der Waals surface area (Å²) in [7, 11) is 1.31. The molecule has 25 heavy (non-hydrogen) atoms. The molecule has 9 heteroatoms. The molecule has 1 heterocycles. The van der Waals surface area contributed by atoms with Gasteiger partial charge in [0, 0.05) is 12.3 Å². The van der Waals surface area contributed by atoms with Crippen molar-refractivity contribution < 1.29 is 27.8 Å². The molecule has 0 atom stereocenters. The van der Waals surface area contributed by atoms with E-state index in [0.29, 0.717) is 11.3 Å². The number of ether oxygens (including phenoxy) is 2. The number of amides is 2. The first-order valence-corrected chi connectivity index (χ1v) is 7.04. The van der Waals surface area contributed by atoms with Crippen molar-refractivity contribution in [2.24, 2.45) is 0 Å². The second kappa shape index (κ2) is 8.48. The highest BCUT2D eigenvalue weighted by Crippen LogP contribution is 2.29. The molecule has 0 radical (unpaired) electrons. The SMILES string of the molecule is COc1cc(/C=C/C(=O)NNC(=O)c2ccc[nH]2)ccc1OC(F)F. The lowest BCUT2D eigenvalue weighted by atomic mass is 10.2. The van der Waals surface area contributed by atoms with Crippen molar-refractivity contribution in [3.8, 4) is 11.5 Å². The van der Waals surface area contributed by atoms with E-state index in [0.717, 1.165) is 6.08 Å². The fourth-order valence-electron chi connectivity index (χ4n) is 1.85. The molecule has 0 aliphatic rings. The summed E-state index contributed by atoms with van der Waals surface area (Å²) in [6.07, 6.45) is 4.16. The number of methoxy groups -OCH3 is 1. The number of hydrogen-bond donors (Lipinski definition) is 3. The van der Waals surface area contributed by atoms with E-state index in [-0.39, 0.29) is 11.5 Å². The summed E-state index contributed by atoms with van der Waals surface area (Å²) in [5.74, 6) is -1.09. The first-order valence-electron chi connectivity index (χ1n) is 7.04. The number of aromatic nitrogens is 1. The minimum Gasteiger partial charge on any atom is -0.493 e. The van der Waals surface area contributed by atoms with Crippen LogP contribution >= 0.6 is 0 Å². The molecule has 0 saturated carbocycles. The average molecular weight is 351 g/mol. The molecule has 0 unspecified atom stereocenters. The van der Waals surface area contributed by atoms with Gasteiger partial charge >= 0.3 is 6.61 Å². The molecular weight excluding hydrogens is 336 g/mol. The lowest BCUT2D eigenvalue weighted by molar-refractivity contribution is -0.117. The lowest BCUT2D eigenvalue weighted by Gasteiger charge is -2.10. The number of alkyl halides is 2. The maximum Gasteiger partial charge on any atom is 0.387 e. The van der Waals surface area contributed by atoms with E-state index in [4.69, 9.17) is 4.74 Å². The standard InChI is InChI=1S/C16H15F2N3O4/c1-24-13-9-10(4-6-12(13)25-16(17)18)5-7-14(22)20-21-15(23)11-3-2-8-19-11/h2-9,16,19H,1H3,(H,20,22)(H,21,23)/b7-5+. The molecule has 2 aromatic rings. The van der Waals surface area contributed by atoms with Gasteiger partial charge in [-0.2, -0.15) is 8.78 Å². The summed E-state index contributed by atoms with van der Waals surface area (Å²) in [4.78, 5) is 26.0. The third-order valence-electron chi connectivity index (χ3n) is 2.97. The van der Waals surface area contributed by atoms with Crippen molar-refractivity contribution in [1.82, 2.24) is 15.8 Å². The third kappa shape index (κ3) is 5.34. The second-order valence-electron chi connectivity index (χ2n) is 4.65. The molecule has 0 fully saturated rings. The van der Waals surface area contributed by atoms with Gasteiger partial charge in [-0.05, 0) is 35.9 Å². The van der Waals surface area contributed by atoms with Crippen molar-refractivity contribution in [2.75, 3.05) is 7.11 Å². The van der Waals surface area contributed by atoms with Crippen LogP contribution in [0, 0.1) is 0 Å². The number of benzene rings is 1. The number of rotatable bonds is 6. The molecule has 3 N–H and O–H groups in total. The van der Waals surface area contributed by atoms with Gasteiger partial charge < -0.3 is 14.5 Å². The fourth-order valence-corrected chi connectivity index (χ4v) is 1.85. The molecule has 0 spiro atoms. The Bertz CT molecular complexity index is 761. The van der Waals surface area contributed by atoms with E-state index in [1.807, 2.05) is 0 Å². The Labute approximate surface area is 141 Å². The number of hydrogen-bond acceptors (Lipinski definition) is 4. The highest BCUT2D eigenvalue weighted by Gasteiger charge is 2.10. The van der Waals surface area contributed by atoms with Gasteiger partial charge in [-0.25, -0.2) is 0 Å². The Kier molecular flexibility index (Phi) is 6.10. The van der Waals surface area contributed by atoms with E-state index in [2.05, 4.69) is 20.6 Å². The summed E-state index contributed by atoms with van der Waals surface area (Å²) >= 11 is 0. The van der Waals surface area contributed by atoms with Crippen molar-refractivity contribution in [3.05, 3.63) is 53.9 Å². The smallest absolute Gasteiger partial charge is 0.387 e. The summed E-state index contributed by atoms with van der Waals surface area (Å²) in [6, 6.07) is 7.40. The van der Waals surface area contributed by atoms with Crippen molar-refractivity contribution in [1.29, 1.82) is 0 Å². The van der Waals surface area contributed by atoms with Gasteiger partial charge in [-0.1, -0.05) is 6.07 Å². The first-order chi connectivity index (χ1) is 12.0. The van der Waals surface area contributed by atoms with Crippen LogP contribution in [0.1, 0.15) is 16.1 Å². The first kappa shape index (κ1) is 18.0. The largest absolute Gasteiger partial charge is 0.493 e. The number of halogens is 2. The Morgan fingerprint density at radius 3 is 2.64 bits per heavy atom. The van der Waals surface area contributed by atoms with E-state index in [1.54, 1.807) is 18.3 Å². The molecule has 0 bridgehead atoms. The zero-order valence-electron chi connectivity index (χ0n) is 13.1. The van der Waals surface area contributed by atoms with Crippen molar-refractivity contribution in [2.45, 2.75) is 6.61 Å². The summed E-state index contributed by atoms with van der Waals surface area (Å²) in [5.41, 5.74) is 5.24. The minimum atomic E-state index is -2.97. The molecule has 0 aliphatic heterocycles. The fraction of sp³-hybridized carbons (Fsp3) is 0.125. The van der Waals surface area contributed by atoms with E-state index < -0.39 is 18.4 Å². The topological polar surface area (TPSA) is 92.5 Å². The average Bonchev–Trinajstić information content (AvgIpc) is 3.13. The molecule has 2 rings (SSSR count). The van der Waals surface area contributed by atoms with Crippen LogP contribution in [0.25, 0.3) is 6.08 Å². The van der Waals surface area contributed by atoms with Crippen LogP contribution in [-0.2, 0) is 4.79 Å². The minimum absolute atomic E-state index is 0.0999. The van der Waals surface area contributed by atoms with Crippen LogP contribution < -0.4 is 20.3 Å². The van der Waals surface area contributed by atoms with Gasteiger partial charge in [0.25, 0.3) is 11.8 Å². The third-order valence-corrected chi connectivity index (χ3v) is 2.97. The Hall–Kier alpha value is -3.36. The molecule has 7 nitrogen and oxygen atoms in total. The number of carbonyl (C=O) groups excluding carboxylic acids is 2. The van der Waals surface area contributed by atoms with Gasteiger partial charge in [-0.3, -0.25) is 20.4 Å². The highest BCUT2D eigenvalue weighted by atomic mass is 19.3. The van der Waals surface area contributed by atoms with Gasteiger partial charge in [-0.15, -0.1) is 0 Å². The van der Waals surface area contributed by atoms with Gasteiger partial charge in [0.1, 0.15) is 5.69 Å².